The molecular formula is C14H16N2. The maximum absolute atomic E-state index is 6.15. The fraction of sp³-hybridized carbons (Fsp3) is 0.143. The summed E-state index contributed by atoms with van der Waals surface area (Å²) >= 11 is 0. The maximum atomic E-state index is 6.15. The number of nitrogens with two attached hydrogens (primary N) is 2. The maximum Gasteiger partial charge on any atom is 0.0940 e. The highest BCUT2D eigenvalue weighted by molar-refractivity contribution is 5.26. The molecular weight excluding hydrogens is 196 g/mol. The van der Waals surface area contributed by atoms with Crippen molar-refractivity contribution in [1.29, 1.82) is 0 Å². The third-order valence-electron chi connectivity index (χ3n) is 2.65. The molecule has 0 radical (unpaired) electrons. The number of hydrogen-bond donors (Lipinski definition) is 2. The van der Waals surface area contributed by atoms with Crippen LogP contribution in [-0.2, 0) is 12.1 Å². The lowest BCUT2D eigenvalue weighted by molar-refractivity contribution is 0.462. The molecule has 2 rings (SSSR count). The van der Waals surface area contributed by atoms with Crippen LogP contribution in [0.4, 0.5) is 0 Å². The van der Waals surface area contributed by atoms with E-state index >= 15 is 0 Å². The van der Waals surface area contributed by atoms with Crippen LogP contribution in [0, 0.1) is 0 Å². The van der Waals surface area contributed by atoms with Crippen LogP contribution in [0.2, 0.25) is 0 Å². The van der Waals surface area contributed by atoms with Crippen LogP contribution < -0.4 is 11.5 Å². The van der Waals surface area contributed by atoms with Crippen molar-refractivity contribution in [3.63, 3.8) is 0 Å². The van der Waals surface area contributed by atoms with Gasteiger partial charge in [0.1, 0.15) is 0 Å². The molecule has 2 aromatic rings. The van der Waals surface area contributed by atoms with Crippen LogP contribution in [0.15, 0.2) is 60.7 Å². The van der Waals surface area contributed by atoms with Crippen molar-refractivity contribution in [1.82, 2.24) is 0 Å². The third kappa shape index (κ3) is 2.48. The van der Waals surface area contributed by atoms with Crippen molar-refractivity contribution in [3.05, 3.63) is 71.8 Å². The van der Waals surface area contributed by atoms with E-state index in [4.69, 9.17) is 11.5 Å². The molecule has 0 aliphatic carbocycles. The highest BCUT2D eigenvalue weighted by atomic mass is 14.9. The van der Waals surface area contributed by atoms with Crippen LogP contribution in [0.3, 0.4) is 0 Å². The summed E-state index contributed by atoms with van der Waals surface area (Å²) in [6, 6.07) is 19.8. The second kappa shape index (κ2) is 4.47. The molecule has 4 N–H and O–H groups in total. The van der Waals surface area contributed by atoms with E-state index in [0.29, 0.717) is 6.42 Å². The summed E-state index contributed by atoms with van der Waals surface area (Å²) in [5, 5.41) is 0. The molecule has 0 aliphatic heterocycles. The van der Waals surface area contributed by atoms with Crippen molar-refractivity contribution >= 4 is 0 Å². The Morgan fingerprint density at radius 3 is 1.81 bits per heavy atom. The minimum absolute atomic E-state index is 0.637. The average Bonchev–Trinajstić information content (AvgIpc) is 2.31. The van der Waals surface area contributed by atoms with Crippen LogP contribution in [0.5, 0.6) is 0 Å². The zero-order valence-electron chi connectivity index (χ0n) is 9.14. The van der Waals surface area contributed by atoms with E-state index in [9.17, 15) is 0 Å². The molecule has 0 saturated heterocycles. The Bertz CT molecular complexity index is 435. The van der Waals surface area contributed by atoms with Crippen LogP contribution in [-0.4, -0.2) is 0 Å². The second-order valence-corrected chi connectivity index (χ2v) is 4.07. The van der Waals surface area contributed by atoms with Crippen molar-refractivity contribution in [3.8, 4) is 0 Å². The molecule has 0 fully saturated rings. The summed E-state index contributed by atoms with van der Waals surface area (Å²) in [6.07, 6.45) is 0.637. The Kier molecular flexibility index (Phi) is 3.04. The van der Waals surface area contributed by atoms with Gasteiger partial charge in [0, 0.05) is 6.42 Å². The van der Waals surface area contributed by atoms with E-state index in [1.54, 1.807) is 0 Å². The number of benzene rings is 2. The first-order valence-electron chi connectivity index (χ1n) is 5.36. The van der Waals surface area contributed by atoms with E-state index in [2.05, 4.69) is 0 Å². The van der Waals surface area contributed by atoms with Crippen molar-refractivity contribution in [2.75, 3.05) is 0 Å². The quantitative estimate of drug-likeness (QED) is 0.764. The zero-order chi connectivity index (χ0) is 11.4. The largest absolute Gasteiger partial charge is 0.309 e. The third-order valence-corrected chi connectivity index (χ3v) is 2.65. The summed E-state index contributed by atoms with van der Waals surface area (Å²) in [6.45, 7) is 0. The summed E-state index contributed by atoms with van der Waals surface area (Å²) in [4.78, 5) is 0. The summed E-state index contributed by atoms with van der Waals surface area (Å²) in [5.74, 6) is 0. The minimum atomic E-state index is -0.803. The number of hydrogen-bond acceptors (Lipinski definition) is 2. The SMILES string of the molecule is NC(N)(Cc1ccccc1)c1ccccc1. The van der Waals surface area contributed by atoms with Gasteiger partial charge in [-0.2, -0.15) is 0 Å². The van der Waals surface area contributed by atoms with Crippen LogP contribution >= 0.6 is 0 Å². The molecule has 2 aromatic carbocycles. The molecule has 0 atom stereocenters. The molecule has 0 spiro atoms. The zero-order valence-corrected chi connectivity index (χ0v) is 9.14. The molecule has 16 heavy (non-hydrogen) atoms. The normalized spacial score (nSPS) is 11.4. The van der Waals surface area contributed by atoms with Gasteiger partial charge in [0.2, 0.25) is 0 Å². The first-order valence-corrected chi connectivity index (χ1v) is 5.36. The minimum Gasteiger partial charge on any atom is -0.309 e. The molecule has 0 unspecified atom stereocenters. The fourth-order valence-electron chi connectivity index (χ4n) is 1.78. The van der Waals surface area contributed by atoms with Crippen molar-refractivity contribution in [2.45, 2.75) is 12.1 Å². The smallest absolute Gasteiger partial charge is 0.0940 e. The Hall–Kier alpha value is -1.64. The Balaban J connectivity index is 2.21. The van der Waals surface area contributed by atoms with E-state index < -0.39 is 5.66 Å². The lowest BCUT2D eigenvalue weighted by atomic mass is 9.94. The van der Waals surface area contributed by atoms with Gasteiger partial charge in [-0.15, -0.1) is 0 Å². The topological polar surface area (TPSA) is 52.0 Å². The molecule has 0 heterocycles. The van der Waals surface area contributed by atoms with Gasteiger partial charge in [0.15, 0.2) is 0 Å². The molecule has 0 aliphatic rings. The predicted molar refractivity (Wildman–Crippen MR) is 66.6 cm³/mol. The van der Waals surface area contributed by atoms with Gasteiger partial charge in [0.25, 0.3) is 0 Å². The molecule has 82 valence electrons. The van der Waals surface area contributed by atoms with Gasteiger partial charge < -0.3 is 11.5 Å². The van der Waals surface area contributed by atoms with Gasteiger partial charge in [-0.3, -0.25) is 0 Å². The van der Waals surface area contributed by atoms with E-state index in [-0.39, 0.29) is 0 Å². The molecule has 2 nitrogen and oxygen atoms in total. The Morgan fingerprint density at radius 1 is 0.750 bits per heavy atom. The monoisotopic (exact) mass is 212 g/mol. The highest BCUT2D eigenvalue weighted by Gasteiger charge is 2.21. The van der Waals surface area contributed by atoms with Gasteiger partial charge >= 0.3 is 0 Å². The van der Waals surface area contributed by atoms with E-state index in [1.807, 2.05) is 60.7 Å². The Labute approximate surface area is 95.9 Å². The fourth-order valence-corrected chi connectivity index (χ4v) is 1.78. The summed E-state index contributed by atoms with van der Waals surface area (Å²) in [7, 11) is 0. The van der Waals surface area contributed by atoms with Crippen molar-refractivity contribution < 1.29 is 0 Å². The summed E-state index contributed by atoms with van der Waals surface area (Å²) in [5.41, 5.74) is 13.6. The lowest BCUT2D eigenvalue weighted by Gasteiger charge is -2.25. The first kappa shape index (κ1) is 10.9. The molecule has 0 bridgehead atoms. The highest BCUT2D eigenvalue weighted by Crippen LogP contribution is 2.17. The number of rotatable bonds is 3. The summed E-state index contributed by atoms with van der Waals surface area (Å²) < 4.78 is 0. The average molecular weight is 212 g/mol. The molecule has 0 amide bonds. The van der Waals surface area contributed by atoms with E-state index in [0.717, 1.165) is 11.1 Å². The van der Waals surface area contributed by atoms with Crippen LogP contribution in [0.25, 0.3) is 0 Å². The van der Waals surface area contributed by atoms with Gasteiger partial charge in [-0.05, 0) is 11.1 Å². The van der Waals surface area contributed by atoms with Crippen molar-refractivity contribution in [2.24, 2.45) is 11.5 Å². The Morgan fingerprint density at radius 2 is 1.25 bits per heavy atom. The predicted octanol–water partition coefficient (Wildman–Crippen LogP) is 2.00. The lowest BCUT2D eigenvalue weighted by Crippen LogP contribution is -2.48. The van der Waals surface area contributed by atoms with Crippen LogP contribution in [0.1, 0.15) is 11.1 Å². The van der Waals surface area contributed by atoms with Gasteiger partial charge in [-0.1, -0.05) is 60.7 Å². The van der Waals surface area contributed by atoms with Gasteiger partial charge in [-0.25, -0.2) is 0 Å². The molecule has 2 heteroatoms. The standard InChI is InChI=1S/C14H16N2/c15-14(16,13-9-5-2-6-10-13)11-12-7-3-1-4-8-12/h1-10H,11,15-16H2. The molecule has 0 saturated carbocycles. The molecule has 0 aromatic heterocycles. The van der Waals surface area contributed by atoms with E-state index in [1.165, 1.54) is 0 Å². The second-order valence-electron chi connectivity index (χ2n) is 4.07. The van der Waals surface area contributed by atoms with Gasteiger partial charge in [0.05, 0.1) is 5.66 Å². The first-order chi connectivity index (χ1) is 7.68.